The Bertz CT molecular complexity index is 901. The number of rotatable bonds is 7. The normalized spacial score (nSPS) is 10.8. The molecular formula is C17H16BrN3OS3. The Hall–Kier alpha value is -1.35. The first kappa shape index (κ1) is 18.4. The van der Waals surface area contributed by atoms with Crippen LogP contribution >= 0.6 is 51.2 Å². The van der Waals surface area contributed by atoms with E-state index in [1.54, 1.807) is 33.9 Å². The lowest BCUT2D eigenvalue weighted by Crippen LogP contribution is -2.27. The van der Waals surface area contributed by atoms with Crippen molar-refractivity contribution in [1.82, 2.24) is 14.9 Å². The summed E-state index contributed by atoms with van der Waals surface area (Å²) in [4.78, 5) is 16.8. The first-order valence-corrected chi connectivity index (χ1v) is 10.8. The highest BCUT2D eigenvalue weighted by molar-refractivity contribution is 9.11. The summed E-state index contributed by atoms with van der Waals surface area (Å²) in [5.41, 5.74) is 1.39. The van der Waals surface area contributed by atoms with Crippen LogP contribution in [-0.2, 0) is 5.75 Å². The predicted octanol–water partition coefficient (Wildman–Crippen LogP) is 5.02. The lowest BCUT2D eigenvalue weighted by molar-refractivity contribution is 0.0949. The lowest BCUT2D eigenvalue weighted by atomic mass is 10.3. The van der Waals surface area contributed by atoms with E-state index < -0.39 is 0 Å². The molecule has 130 valence electrons. The Morgan fingerprint density at radius 3 is 2.80 bits per heavy atom. The third-order valence-electron chi connectivity index (χ3n) is 3.43. The van der Waals surface area contributed by atoms with Crippen molar-refractivity contribution in [2.75, 3.05) is 12.3 Å². The van der Waals surface area contributed by atoms with Gasteiger partial charge in [0.2, 0.25) is 0 Å². The summed E-state index contributed by atoms with van der Waals surface area (Å²) in [6.45, 7) is 0.614. The predicted molar refractivity (Wildman–Crippen MR) is 111 cm³/mol. The van der Waals surface area contributed by atoms with E-state index in [2.05, 4.69) is 38.4 Å². The van der Waals surface area contributed by atoms with Gasteiger partial charge in [-0.25, -0.2) is 0 Å². The number of nitrogens with zero attached hydrogens (tertiary/aromatic N) is 1. The maximum atomic E-state index is 12.5. The number of hydrogen-bond acceptors (Lipinski definition) is 4. The molecule has 2 heterocycles. The van der Waals surface area contributed by atoms with Crippen LogP contribution < -0.4 is 5.32 Å². The van der Waals surface area contributed by atoms with Crippen molar-refractivity contribution in [1.29, 1.82) is 0 Å². The van der Waals surface area contributed by atoms with Crippen molar-refractivity contribution < 1.29 is 4.79 Å². The molecule has 0 fully saturated rings. The van der Waals surface area contributed by atoms with Crippen LogP contribution in [0.25, 0.3) is 5.69 Å². The van der Waals surface area contributed by atoms with Gasteiger partial charge in [0.05, 0.1) is 3.79 Å². The maximum Gasteiger partial charge on any atom is 0.269 e. The van der Waals surface area contributed by atoms with E-state index >= 15 is 0 Å². The van der Waals surface area contributed by atoms with E-state index in [0.717, 1.165) is 21.0 Å². The number of H-pyrrole nitrogens is 1. The van der Waals surface area contributed by atoms with E-state index in [1.165, 1.54) is 4.88 Å². The van der Waals surface area contributed by atoms with Crippen LogP contribution in [0.2, 0.25) is 0 Å². The van der Waals surface area contributed by atoms with Crippen LogP contribution in [0.4, 0.5) is 0 Å². The Labute approximate surface area is 167 Å². The van der Waals surface area contributed by atoms with Crippen LogP contribution in [-0.4, -0.2) is 27.8 Å². The molecule has 1 amide bonds. The van der Waals surface area contributed by atoms with Crippen molar-refractivity contribution in [2.45, 2.75) is 5.75 Å². The molecule has 0 saturated heterocycles. The number of carbonyl (C=O) groups excluding carboxylic acids is 1. The molecule has 0 spiro atoms. The number of benzene rings is 1. The van der Waals surface area contributed by atoms with Crippen LogP contribution in [0.3, 0.4) is 0 Å². The fourth-order valence-electron chi connectivity index (χ4n) is 2.30. The second-order valence-corrected chi connectivity index (χ2v) is 9.20. The van der Waals surface area contributed by atoms with Gasteiger partial charge in [-0.15, -0.1) is 11.3 Å². The van der Waals surface area contributed by atoms with E-state index in [1.807, 2.05) is 30.3 Å². The Balaban J connectivity index is 1.55. The summed E-state index contributed by atoms with van der Waals surface area (Å²) in [5, 5.41) is 2.96. The molecule has 4 nitrogen and oxygen atoms in total. The largest absolute Gasteiger partial charge is 0.350 e. The second-order valence-electron chi connectivity index (χ2n) is 5.16. The molecule has 2 N–H and O–H groups in total. The van der Waals surface area contributed by atoms with E-state index in [0.29, 0.717) is 17.0 Å². The third kappa shape index (κ3) is 4.84. The smallest absolute Gasteiger partial charge is 0.269 e. The molecule has 8 heteroatoms. The van der Waals surface area contributed by atoms with Crippen LogP contribution in [0.15, 0.2) is 52.4 Å². The molecule has 0 aliphatic heterocycles. The fourth-order valence-corrected chi connectivity index (χ4v) is 5.01. The Kier molecular flexibility index (Phi) is 6.52. The molecule has 2 aromatic heterocycles. The number of carbonyl (C=O) groups is 1. The average Bonchev–Trinajstić information content (AvgIpc) is 3.21. The second kappa shape index (κ2) is 8.84. The summed E-state index contributed by atoms with van der Waals surface area (Å²) in [6, 6.07) is 13.8. The molecule has 25 heavy (non-hydrogen) atoms. The Morgan fingerprint density at radius 2 is 2.08 bits per heavy atom. The molecule has 0 aliphatic carbocycles. The van der Waals surface area contributed by atoms with Gasteiger partial charge in [-0.1, -0.05) is 18.2 Å². The van der Waals surface area contributed by atoms with E-state index in [-0.39, 0.29) is 5.91 Å². The molecular weight excluding hydrogens is 438 g/mol. The summed E-state index contributed by atoms with van der Waals surface area (Å²) in [7, 11) is 0. The number of aromatic amines is 1. The minimum atomic E-state index is -0.129. The molecule has 0 bridgehead atoms. The van der Waals surface area contributed by atoms with Gasteiger partial charge in [-0.05, 0) is 52.4 Å². The third-order valence-corrected chi connectivity index (χ3v) is 6.54. The fraction of sp³-hybridized carbons (Fsp3) is 0.176. The first-order chi connectivity index (χ1) is 12.1. The van der Waals surface area contributed by atoms with Crippen LogP contribution in [0.5, 0.6) is 0 Å². The highest BCUT2D eigenvalue weighted by Gasteiger charge is 2.13. The first-order valence-electron chi connectivity index (χ1n) is 7.61. The number of amides is 1. The standard InChI is InChI=1S/C17H16BrN3OS3/c18-15-7-6-13(25-15)11-24-9-8-19-16(22)14-10-20-17(23)21(14)12-4-2-1-3-5-12/h1-7,10H,8-9,11H2,(H,19,22)(H,20,23). The number of halogens is 1. The topological polar surface area (TPSA) is 49.8 Å². The van der Waals surface area contributed by atoms with Crippen molar-refractivity contribution in [3.63, 3.8) is 0 Å². The number of hydrogen-bond donors (Lipinski definition) is 2. The summed E-state index contributed by atoms with van der Waals surface area (Å²) < 4.78 is 3.41. The number of para-hydroxylation sites is 1. The van der Waals surface area contributed by atoms with Gasteiger partial charge in [0.25, 0.3) is 5.91 Å². The molecule has 0 saturated carbocycles. The SMILES string of the molecule is O=C(NCCSCc1ccc(Br)s1)c1c[nH]c(=S)n1-c1ccccc1. The van der Waals surface area contributed by atoms with Gasteiger partial charge in [0.15, 0.2) is 4.77 Å². The van der Waals surface area contributed by atoms with Crippen molar-refractivity contribution >= 4 is 57.2 Å². The van der Waals surface area contributed by atoms with Gasteiger partial charge in [-0.3, -0.25) is 9.36 Å². The van der Waals surface area contributed by atoms with Crippen LogP contribution in [0, 0.1) is 4.77 Å². The molecule has 0 radical (unpaired) electrons. The van der Waals surface area contributed by atoms with Crippen molar-refractivity contribution in [3.8, 4) is 5.69 Å². The zero-order chi connectivity index (χ0) is 17.6. The van der Waals surface area contributed by atoms with E-state index in [4.69, 9.17) is 12.2 Å². The maximum absolute atomic E-state index is 12.5. The van der Waals surface area contributed by atoms with Crippen molar-refractivity contribution in [3.05, 3.63) is 67.8 Å². The zero-order valence-corrected chi connectivity index (χ0v) is 17.2. The highest BCUT2D eigenvalue weighted by Crippen LogP contribution is 2.25. The molecule has 1 aromatic carbocycles. The number of aromatic nitrogens is 2. The average molecular weight is 454 g/mol. The minimum absolute atomic E-state index is 0.129. The van der Waals surface area contributed by atoms with Gasteiger partial charge in [-0.2, -0.15) is 11.8 Å². The quantitative estimate of drug-likeness (QED) is 0.389. The molecule has 3 aromatic rings. The van der Waals surface area contributed by atoms with Gasteiger partial charge >= 0.3 is 0 Å². The number of nitrogens with one attached hydrogen (secondary N) is 2. The minimum Gasteiger partial charge on any atom is -0.350 e. The number of thiophene rings is 1. The number of thioether (sulfide) groups is 1. The van der Waals surface area contributed by atoms with E-state index in [9.17, 15) is 4.79 Å². The highest BCUT2D eigenvalue weighted by atomic mass is 79.9. The monoisotopic (exact) mass is 453 g/mol. The van der Waals surface area contributed by atoms with Gasteiger partial charge in [0.1, 0.15) is 5.69 Å². The zero-order valence-electron chi connectivity index (χ0n) is 13.2. The summed E-state index contributed by atoms with van der Waals surface area (Å²) in [6.07, 6.45) is 1.65. The summed E-state index contributed by atoms with van der Waals surface area (Å²) in [5.74, 6) is 1.68. The van der Waals surface area contributed by atoms with Gasteiger partial charge < -0.3 is 10.3 Å². The molecule has 0 aliphatic rings. The summed E-state index contributed by atoms with van der Waals surface area (Å²) >= 11 is 12.3. The van der Waals surface area contributed by atoms with Crippen LogP contribution in [0.1, 0.15) is 15.4 Å². The number of imidazole rings is 1. The van der Waals surface area contributed by atoms with Gasteiger partial charge in [0, 0.05) is 34.8 Å². The molecule has 3 rings (SSSR count). The molecule has 0 atom stereocenters. The Morgan fingerprint density at radius 1 is 1.28 bits per heavy atom. The lowest BCUT2D eigenvalue weighted by Gasteiger charge is -2.09. The van der Waals surface area contributed by atoms with Crippen molar-refractivity contribution in [2.24, 2.45) is 0 Å². The molecule has 0 unspecified atom stereocenters.